The molecule has 0 spiro atoms. The topological polar surface area (TPSA) is 72.5 Å². The maximum absolute atomic E-state index is 12.3. The van der Waals surface area contributed by atoms with Crippen molar-refractivity contribution in [3.63, 3.8) is 0 Å². The molecule has 2 aromatic carbocycles. The number of aryl methyl sites for hydroxylation is 1. The zero-order valence-corrected chi connectivity index (χ0v) is 17.1. The summed E-state index contributed by atoms with van der Waals surface area (Å²) in [4.78, 5) is 12.3. The van der Waals surface area contributed by atoms with Gasteiger partial charge in [0.25, 0.3) is 0 Å². The van der Waals surface area contributed by atoms with E-state index in [0.717, 1.165) is 43.2 Å². The summed E-state index contributed by atoms with van der Waals surface area (Å²) in [6.07, 6.45) is 4.71. The number of hydrogen-bond acceptors (Lipinski definition) is 4. The first-order chi connectivity index (χ1) is 13.3. The van der Waals surface area contributed by atoms with Crippen LogP contribution in [0.5, 0.6) is 5.75 Å². The number of ether oxygens (including phenoxy) is 1. The van der Waals surface area contributed by atoms with Gasteiger partial charge in [-0.15, -0.1) is 0 Å². The second-order valence-corrected chi connectivity index (χ2v) is 8.36. The first-order valence-corrected chi connectivity index (χ1v) is 10.1. The standard InChI is InChI=1S/C24H31NO3/c1-17-7-9-19(10-8-17)22(26)28-21-13-11-20(12-14-21)23(3,18(2)25)24(27)15-5-4-6-16-24/h7-14,18,27H,4-6,15-16,25H2,1-3H3. The summed E-state index contributed by atoms with van der Waals surface area (Å²) in [5, 5.41) is 11.4. The van der Waals surface area contributed by atoms with E-state index in [1.807, 2.05) is 38.1 Å². The fourth-order valence-corrected chi connectivity index (χ4v) is 4.34. The minimum atomic E-state index is -0.820. The van der Waals surface area contributed by atoms with Crippen LogP contribution in [0.3, 0.4) is 0 Å². The summed E-state index contributed by atoms with van der Waals surface area (Å²) < 4.78 is 5.51. The van der Waals surface area contributed by atoms with Gasteiger partial charge in [0.1, 0.15) is 5.75 Å². The van der Waals surface area contributed by atoms with Crippen LogP contribution in [0.2, 0.25) is 0 Å². The first-order valence-electron chi connectivity index (χ1n) is 10.1. The van der Waals surface area contributed by atoms with E-state index in [4.69, 9.17) is 10.5 Å². The van der Waals surface area contributed by atoms with Crippen molar-refractivity contribution in [1.82, 2.24) is 0 Å². The van der Waals surface area contributed by atoms with E-state index in [1.165, 1.54) is 0 Å². The van der Waals surface area contributed by atoms with Gasteiger partial charge in [-0.25, -0.2) is 4.79 Å². The van der Waals surface area contributed by atoms with Crippen LogP contribution in [-0.2, 0) is 5.41 Å². The van der Waals surface area contributed by atoms with Crippen molar-refractivity contribution in [2.75, 3.05) is 0 Å². The van der Waals surface area contributed by atoms with Crippen LogP contribution in [0, 0.1) is 6.92 Å². The molecule has 150 valence electrons. The van der Waals surface area contributed by atoms with Gasteiger partial charge in [-0.2, -0.15) is 0 Å². The molecular weight excluding hydrogens is 350 g/mol. The highest BCUT2D eigenvalue weighted by Gasteiger charge is 2.50. The van der Waals surface area contributed by atoms with Gasteiger partial charge in [-0.05, 0) is 56.5 Å². The lowest BCUT2D eigenvalue weighted by Crippen LogP contribution is -2.59. The minimum Gasteiger partial charge on any atom is -0.423 e. The Morgan fingerprint density at radius 2 is 1.64 bits per heavy atom. The van der Waals surface area contributed by atoms with Crippen LogP contribution in [0.1, 0.15) is 67.4 Å². The predicted octanol–water partition coefficient (Wildman–Crippen LogP) is 4.51. The number of esters is 1. The van der Waals surface area contributed by atoms with Gasteiger partial charge in [0.15, 0.2) is 0 Å². The number of benzene rings is 2. The molecule has 1 fully saturated rings. The zero-order chi connectivity index (χ0) is 20.4. The van der Waals surface area contributed by atoms with E-state index >= 15 is 0 Å². The Balaban J connectivity index is 1.81. The summed E-state index contributed by atoms with van der Waals surface area (Å²) in [5.41, 5.74) is 7.59. The highest BCUT2D eigenvalue weighted by molar-refractivity contribution is 5.91. The number of hydrogen-bond donors (Lipinski definition) is 2. The molecule has 3 rings (SSSR count). The lowest BCUT2D eigenvalue weighted by molar-refractivity contribution is -0.0702. The van der Waals surface area contributed by atoms with Crippen LogP contribution >= 0.6 is 0 Å². The molecule has 1 aliphatic carbocycles. The zero-order valence-electron chi connectivity index (χ0n) is 17.1. The summed E-state index contributed by atoms with van der Waals surface area (Å²) in [5.74, 6) is 0.102. The van der Waals surface area contributed by atoms with Crippen molar-refractivity contribution in [2.45, 2.75) is 69.9 Å². The summed E-state index contributed by atoms with van der Waals surface area (Å²) in [6, 6.07) is 14.5. The molecule has 4 heteroatoms. The summed E-state index contributed by atoms with van der Waals surface area (Å²) >= 11 is 0. The highest BCUT2D eigenvalue weighted by Crippen LogP contribution is 2.46. The molecular formula is C24H31NO3. The van der Waals surface area contributed by atoms with Crippen LogP contribution in [0.4, 0.5) is 0 Å². The average molecular weight is 382 g/mol. The van der Waals surface area contributed by atoms with E-state index in [0.29, 0.717) is 11.3 Å². The second-order valence-electron chi connectivity index (χ2n) is 8.36. The van der Waals surface area contributed by atoms with Crippen molar-refractivity contribution in [1.29, 1.82) is 0 Å². The molecule has 0 bridgehead atoms. The van der Waals surface area contributed by atoms with Crippen molar-refractivity contribution in [2.24, 2.45) is 5.73 Å². The Kier molecular flexibility index (Phi) is 5.92. The van der Waals surface area contributed by atoms with Crippen molar-refractivity contribution in [3.8, 4) is 5.75 Å². The number of aliphatic hydroxyl groups is 1. The quantitative estimate of drug-likeness (QED) is 0.590. The van der Waals surface area contributed by atoms with Crippen molar-refractivity contribution >= 4 is 5.97 Å². The molecule has 4 nitrogen and oxygen atoms in total. The number of carbonyl (C=O) groups excluding carboxylic acids is 1. The maximum Gasteiger partial charge on any atom is 0.343 e. The van der Waals surface area contributed by atoms with Crippen LogP contribution in [-0.4, -0.2) is 22.7 Å². The molecule has 0 aliphatic heterocycles. The van der Waals surface area contributed by atoms with E-state index in [9.17, 15) is 9.90 Å². The van der Waals surface area contributed by atoms with Gasteiger partial charge in [-0.1, -0.05) is 56.0 Å². The molecule has 28 heavy (non-hydrogen) atoms. The van der Waals surface area contributed by atoms with Gasteiger partial charge >= 0.3 is 5.97 Å². The Hall–Kier alpha value is -2.17. The first kappa shape index (κ1) is 20.6. The van der Waals surface area contributed by atoms with E-state index in [1.54, 1.807) is 24.3 Å². The van der Waals surface area contributed by atoms with Crippen LogP contribution in [0.25, 0.3) is 0 Å². The predicted molar refractivity (Wildman–Crippen MR) is 112 cm³/mol. The molecule has 1 saturated carbocycles. The van der Waals surface area contributed by atoms with E-state index in [2.05, 4.69) is 6.92 Å². The lowest BCUT2D eigenvalue weighted by atomic mass is 9.60. The summed E-state index contributed by atoms with van der Waals surface area (Å²) in [7, 11) is 0. The van der Waals surface area contributed by atoms with Gasteiger partial charge in [0.2, 0.25) is 0 Å². The van der Waals surface area contributed by atoms with Crippen LogP contribution < -0.4 is 10.5 Å². The highest BCUT2D eigenvalue weighted by atomic mass is 16.5. The molecule has 2 atom stereocenters. The van der Waals surface area contributed by atoms with Gasteiger partial charge in [0, 0.05) is 11.5 Å². The average Bonchev–Trinajstić information content (AvgIpc) is 2.68. The molecule has 1 aliphatic rings. The molecule has 0 amide bonds. The number of rotatable bonds is 5. The van der Waals surface area contributed by atoms with Gasteiger partial charge in [0.05, 0.1) is 11.2 Å². The molecule has 2 unspecified atom stereocenters. The molecule has 0 saturated heterocycles. The monoisotopic (exact) mass is 381 g/mol. The van der Waals surface area contributed by atoms with E-state index in [-0.39, 0.29) is 12.0 Å². The number of nitrogens with two attached hydrogens (primary N) is 1. The SMILES string of the molecule is Cc1ccc(C(=O)Oc2ccc(C(C)(C(C)N)C3(O)CCCCC3)cc2)cc1. The second kappa shape index (κ2) is 8.06. The molecule has 0 aromatic heterocycles. The molecule has 2 aromatic rings. The Morgan fingerprint density at radius 1 is 1.07 bits per heavy atom. The lowest BCUT2D eigenvalue weighted by Gasteiger charge is -2.50. The minimum absolute atomic E-state index is 0.212. The Morgan fingerprint density at radius 3 is 2.18 bits per heavy atom. The third-order valence-electron chi connectivity index (χ3n) is 6.51. The van der Waals surface area contributed by atoms with Gasteiger partial charge in [-0.3, -0.25) is 0 Å². The fourth-order valence-electron chi connectivity index (χ4n) is 4.34. The molecule has 0 radical (unpaired) electrons. The summed E-state index contributed by atoms with van der Waals surface area (Å²) in [6.45, 7) is 5.98. The normalized spacial score (nSPS) is 19.5. The number of carbonyl (C=O) groups is 1. The third-order valence-corrected chi connectivity index (χ3v) is 6.51. The maximum atomic E-state index is 12.3. The largest absolute Gasteiger partial charge is 0.423 e. The Bertz CT molecular complexity index is 805. The van der Waals surface area contributed by atoms with Crippen molar-refractivity contribution < 1.29 is 14.6 Å². The molecule has 0 heterocycles. The Labute approximate surface area is 167 Å². The van der Waals surface area contributed by atoms with Crippen molar-refractivity contribution in [3.05, 3.63) is 65.2 Å². The third kappa shape index (κ3) is 3.85. The van der Waals surface area contributed by atoms with E-state index < -0.39 is 11.0 Å². The van der Waals surface area contributed by atoms with Crippen LogP contribution in [0.15, 0.2) is 48.5 Å². The smallest absolute Gasteiger partial charge is 0.343 e. The molecule has 3 N–H and O–H groups in total. The fraction of sp³-hybridized carbons (Fsp3) is 0.458. The van der Waals surface area contributed by atoms with Gasteiger partial charge < -0.3 is 15.6 Å².